The van der Waals surface area contributed by atoms with E-state index in [1.54, 1.807) is 7.11 Å². The summed E-state index contributed by atoms with van der Waals surface area (Å²) < 4.78 is 5.07. The number of nitrogens with zero attached hydrogens (tertiary/aromatic N) is 3. The molecule has 0 fully saturated rings. The van der Waals surface area contributed by atoms with Crippen LogP contribution in [-0.4, -0.2) is 36.3 Å². The Morgan fingerprint density at radius 2 is 2.14 bits per heavy atom. The van der Waals surface area contributed by atoms with E-state index < -0.39 is 0 Å². The van der Waals surface area contributed by atoms with Crippen molar-refractivity contribution in [2.45, 2.75) is 26.3 Å². The summed E-state index contributed by atoms with van der Waals surface area (Å²) in [4.78, 5) is 11.4. The molecule has 2 aromatic rings. The Morgan fingerprint density at radius 1 is 1.32 bits per heavy atom. The molecule has 22 heavy (non-hydrogen) atoms. The number of hydrogen-bond donors (Lipinski definition) is 1. The van der Waals surface area contributed by atoms with E-state index in [1.807, 2.05) is 13.0 Å². The lowest BCUT2D eigenvalue weighted by atomic mass is 10.1. The van der Waals surface area contributed by atoms with Gasteiger partial charge in [-0.3, -0.25) is 0 Å². The van der Waals surface area contributed by atoms with E-state index in [4.69, 9.17) is 4.74 Å². The zero-order chi connectivity index (χ0) is 15.5. The van der Waals surface area contributed by atoms with Gasteiger partial charge >= 0.3 is 0 Å². The van der Waals surface area contributed by atoms with Crippen LogP contribution < -0.4 is 10.2 Å². The highest BCUT2D eigenvalue weighted by Crippen LogP contribution is 2.37. The van der Waals surface area contributed by atoms with Crippen molar-refractivity contribution in [3.8, 4) is 0 Å². The van der Waals surface area contributed by atoms with E-state index in [9.17, 15) is 0 Å². The van der Waals surface area contributed by atoms with E-state index in [1.165, 1.54) is 11.3 Å². The lowest BCUT2D eigenvalue weighted by Gasteiger charge is -2.24. The predicted octanol–water partition coefficient (Wildman–Crippen LogP) is 2.93. The number of anilines is 3. The summed E-state index contributed by atoms with van der Waals surface area (Å²) in [5, 5.41) is 3.29. The van der Waals surface area contributed by atoms with Crippen molar-refractivity contribution in [1.82, 2.24) is 9.97 Å². The first-order valence-electron chi connectivity index (χ1n) is 7.64. The van der Waals surface area contributed by atoms with Gasteiger partial charge in [0, 0.05) is 31.5 Å². The molecule has 0 saturated carbocycles. The smallest absolute Gasteiger partial charge is 0.139 e. The maximum absolute atomic E-state index is 5.07. The normalized spacial score (nSPS) is 16.7. The minimum Gasteiger partial charge on any atom is -0.383 e. The van der Waals surface area contributed by atoms with E-state index in [0.29, 0.717) is 12.6 Å². The minimum absolute atomic E-state index is 0.401. The summed E-state index contributed by atoms with van der Waals surface area (Å²) in [6.45, 7) is 5.55. The van der Waals surface area contributed by atoms with E-state index in [0.717, 1.165) is 30.4 Å². The Hall–Kier alpha value is -2.14. The van der Waals surface area contributed by atoms with E-state index >= 15 is 0 Å². The molecule has 0 saturated heterocycles. The Morgan fingerprint density at radius 3 is 2.95 bits per heavy atom. The van der Waals surface area contributed by atoms with Crippen LogP contribution >= 0.6 is 0 Å². The molecule has 1 N–H and O–H groups in total. The molecule has 1 aliphatic rings. The van der Waals surface area contributed by atoms with Crippen molar-refractivity contribution in [3.05, 3.63) is 41.7 Å². The second kappa shape index (κ2) is 6.32. The molecule has 1 aliphatic heterocycles. The first-order chi connectivity index (χ1) is 10.7. The lowest BCUT2D eigenvalue weighted by Crippen LogP contribution is -2.25. The van der Waals surface area contributed by atoms with Gasteiger partial charge in [0.25, 0.3) is 0 Å². The number of aryl methyl sites for hydroxylation is 1. The third kappa shape index (κ3) is 2.90. The van der Waals surface area contributed by atoms with Crippen LogP contribution in [0.15, 0.2) is 30.3 Å². The van der Waals surface area contributed by atoms with Gasteiger partial charge in [-0.15, -0.1) is 0 Å². The molecule has 0 bridgehead atoms. The van der Waals surface area contributed by atoms with Crippen LogP contribution in [0.2, 0.25) is 0 Å². The molecule has 1 aromatic carbocycles. The molecule has 1 atom stereocenters. The van der Waals surface area contributed by atoms with Gasteiger partial charge in [-0.05, 0) is 31.9 Å². The van der Waals surface area contributed by atoms with Crippen molar-refractivity contribution in [2.24, 2.45) is 0 Å². The Kier molecular flexibility index (Phi) is 4.24. The maximum Gasteiger partial charge on any atom is 0.139 e. The van der Waals surface area contributed by atoms with Gasteiger partial charge in [0.1, 0.15) is 17.5 Å². The largest absolute Gasteiger partial charge is 0.383 e. The fourth-order valence-corrected chi connectivity index (χ4v) is 2.96. The van der Waals surface area contributed by atoms with Crippen LogP contribution in [0.4, 0.5) is 17.3 Å². The number of para-hydroxylation sites is 1. The summed E-state index contributed by atoms with van der Waals surface area (Å²) in [6, 6.07) is 10.9. The SMILES string of the molecule is COCCNc1cc(N2c3ccccc3CC2C)nc(C)n1. The number of aromatic nitrogens is 2. The average Bonchev–Trinajstić information content (AvgIpc) is 2.82. The van der Waals surface area contributed by atoms with Gasteiger partial charge in [-0.25, -0.2) is 9.97 Å². The zero-order valence-corrected chi connectivity index (χ0v) is 13.3. The van der Waals surface area contributed by atoms with Gasteiger partial charge in [-0.1, -0.05) is 18.2 Å². The van der Waals surface area contributed by atoms with E-state index in [2.05, 4.69) is 51.4 Å². The molecule has 2 heterocycles. The fraction of sp³-hybridized carbons (Fsp3) is 0.412. The van der Waals surface area contributed by atoms with Gasteiger partial charge in [-0.2, -0.15) is 0 Å². The van der Waals surface area contributed by atoms with Gasteiger partial charge in [0.2, 0.25) is 0 Å². The van der Waals surface area contributed by atoms with Crippen LogP contribution in [-0.2, 0) is 11.2 Å². The van der Waals surface area contributed by atoms with Crippen molar-refractivity contribution in [3.63, 3.8) is 0 Å². The molecule has 5 heteroatoms. The second-order valence-electron chi connectivity index (χ2n) is 5.63. The van der Waals surface area contributed by atoms with Crippen LogP contribution in [0.1, 0.15) is 18.3 Å². The molecule has 5 nitrogen and oxygen atoms in total. The number of hydrogen-bond acceptors (Lipinski definition) is 5. The molecule has 116 valence electrons. The van der Waals surface area contributed by atoms with E-state index in [-0.39, 0.29) is 0 Å². The minimum atomic E-state index is 0.401. The quantitative estimate of drug-likeness (QED) is 0.860. The predicted molar refractivity (Wildman–Crippen MR) is 88.9 cm³/mol. The van der Waals surface area contributed by atoms with Crippen molar-refractivity contribution >= 4 is 17.3 Å². The summed E-state index contributed by atoms with van der Waals surface area (Å²) in [5.41, 5.74) is 2.62. The molecule has 1 aromatic heterocycles. The molecule has 0 aliphatic carbocycles. The number of ether oxygens (including phenoxy) is 1. The highest BCUT2D eigenvalue weighted by Gasteiger charge is 2.28. The second-order valence-corrected chi connectivity index (χ2v) is 5.63. The fourth-order valence-electron chi connectivity index (χ4n) is 2.96. The summed E-state index contributed by atoms with van der Waals surface area (Å²) in [7, 11) is 1.70. The Bertz CT molecular complexity index is 659. The van der Waals surface area contributed by atoms with Gasteiger partial charge in [0.05, 0.1) is 6.61 Å². The average molecular weight is 298 g/mol. The van der Waals surface area contributed by atoms with Crippen LogP contribution in [0.5, 0.6) is 0 Å². The van der Waals surface area contributed by atoms with Crippen molar-refractivity contribution in [1.29, 1.82) is 0 Å². The third-order valence-corrected chi connectivity index (χ3v) is 3.89. The van der Waals surface area contributed by atoms with Crippen molar-refractivity contribution in [2.75, 3.05) is 30.5 Å². The van der Waals surface area contributed by atoms with Gasteiger partial charge < -0.3 is 15.0 Å². The zero-order valence-electron chi connectivity index (χ0n) is 13.3. The monoisotopic (exact) mass is 298 g/mol. The van der Waals surface area contributed by atoms with Crippen LogP contribution in [0.25, 0.3) is 0 Å². The topological polar surface area (TPSA) is 50.3 Å². The molecular formula is C17H22N4O. The molecule has 0 radical (unpaired) electrons. The Balaban J connectivity index is 1.91. The Labute approximate surface area is 131 Å². The highest BCUT2D eigenvalue weighted by molar-refractivity contribution is 5.70. The molecular weight excluding hydrogens is 276 g/mol. The summed E-state index contributed by atoms with van der Waals surface area (Å²) in [5.74, 6) is 2.56. The molecule has 0 amide bonds. The van der Waals surface area contributed by atoms with Crippen LogP contribution in [0.3, 0.4) is 0 Å². The molecule has 3 rings (SSSR count). The lowest BCUT2D eigenvalue weighted by molar-refractivity contribution is 0.210. The number of benzene rings is 1. The maximum atomic E-state index is 5.07. The highest BCUT2D eigenvalue weighted by atomic mass is 16.5. The number of methoxy groups -OCH3 is 1. The van der Waals surface area contributed by atoms with Crippen molar-refractivity contribution < 1.29 is 4.74 Å². The van der Waals surface area contributed by atoms with Crippen LogP contribution in [0, 0.1) is 6.92 Å². The first kappa shape index (κ1) is 14.8. The van der Waals surface area contributed by atoms with Gasteiger partial charge in [0.15, 0.2) is 0 Å². The number of nitrogens with one attached hydrogen (secondary N) is 1. The summed E-state index contributed by atoms with van der Waals surface area (Å²) in [6.07, 6.45) is 1.05. The number of fused-ring (bicyclic) bond motifs is 1. The first-order valence-corrected chi connectivity index (χ1v) is 7.64. The standard InChI is InChI=1S/C17H22N4O/c1-12-10-14-6-4-5-7-15(14)21(12)17-11-16(18-8-9-22-3)19-13(2)20-17/h4-7,11-12H,8-10H2,1-3H3,(H,18,19,20). The number of rotatable bonds is 5. The molecule has 0 spiro atoms. The third-order valence-electron chi connectivity index (χ3n) is 3.89. The molecule has 1 unspecified atom stereocenters. The summed E-state index contributed by atoms with van der Waals surface area (Å²) >= 11 is 0.